The molecule has 0 amide bonds. The Morgan fingerprint density at radius 2 is 1.78 bits per heavy atom. The summed E-state index contributed by atoms with van der Waals surface area (Å²) in [5, 5.41) is 10.1. The van der Waals surface area contributed by atoms with E-state index in [1.807, 2.05) is 0 Å². The van der Waals surface area contributed by atoms with E-state index in [4.69, 9.17) is 4.74 Å². The van der Waals surface area contributed by atoms with E-state index < -0.39 is 5.97 Å². The van der Waals surface area contributed by atoms with Crippen LogP contribution < -0.4 is 0 Å². The van der Waals surface area contributed by atoms with Crippen molar-refractivity contribution < 1.29 is 24.2 Å². The number of carbonyl (C=O) groups is 3. The Bertz CT molecular complexity index is 599. The quantitative estimate of drug-likeness (QED) is 0.616. The number of phenols is 1. The molecule has 2 rings (SSSR count). The Morgan fingerprint density at radius 1 is 1.13 bits per heavy atom. The highest BCUT2D eigenvalue weighted by molar-refractivity contribution is 6.04. The first-order valence-corrected chi connectivity index (χ1v) is 8.09. The van der Waals surface area contributed by atoms with Crippen LogP contribution in [0.3, 0.4) is 0 Å². The lowest BCUT2D eigenvalue weighted by molar-refractivity contribution is -0.122. The summed E-state index contributed by atoms with van der Waals surface area (Å²) in [6.45, 7) is 1.85. The highest BCUT2D eigenvalue weighted by Crippen LogP contribution is 2.28. The Kier molecular flexibility index (Phi) is 5.90. The first kappa shape index (κ1) is 17.2. The number of aromatic hydroxyl groups is 1. The van der Waals surface area contributed by atoms with Crippen LogP contribution in [-0.4, -0.2) is 29.2 Å². The van der Waals surface area contributed by atoms with Gasteiger partial charge in [-0.3, -0.25) is 9.59 Å². The number of Topliss-reactive ketones (excluding diaryl/α,β-unsaturated/α-hetero) is 2. The Labute approximate surface area is 135 Å². The topological polar surface area (TPSA) is 80.7 Å². The lowest BCUT2D eigenvalue weighted by atomic mass is 9.95. The van der Waals surface area contributed by atoms with Crippen LogP contribution in [0.4, 0.5) is 0 Å². The third-order valence-corrected chi connectivity index (χ3v) is 4.24. The van der Waals surface area contributed by atoms with Gasteiger partial charge in [0.05, 0.1) is 12.2 Å². The van der Waals surface area contributed by atoms with E-state index in [-0.39, 0.29) is 53.8 Å². The van der Waals surface area contributed by atoms with Gasteiger partial charge >= 0.3 is 5.97 Å². The lowest BCUT2D eigenvalue weighted by Gasteiger charge is -2.10. The van der Waals surface area contributed by atoms with Gasteiger partial charge in [-0.1, -0.05) is 18.9 Å². The fourth-order valence-electron chi connectivity index (χ4n) is 2.97. The predicted octanol–water partition coefficient (Wildman–Crippen LogP) is 3.29. The van der Waals surface area contributed by atoms with Crippen LogP contribution >= 0.6 is 0 Å². The fourth-order valence-corrected chi connectivity index (χ4v) is 2.97. The summed E-state index contributed by atoms with van der Waals surface area (Å²) >= 11 is 0. The predicted molar refractivity (Wildman–Crippen MR) is 84.6 cm³/mol. The molecule has 1 fully saturated rings. The Morgan fingerprint density at radius 3 is 2.43 bits per heavy atom. The van der Waals surface area contributed by atoms with Crippen molar-refractivity contribution in [3.8, 4) is 5.75 Å². The lowest BCUT2D eigenvalue weighted by Crippen LogP contribution is -2.13. The normalized spacial score (nSPS) is 14.7. The molecule has 0 radical (unpaired) electrons. The minimum atomic E-state index is -0.665. The molecule has 1 N–H and O–H groups in total. The van der Waals surface area contributed by atoms with E-state index >= 15 is 0 Å². The van der Waals surface area contributed by atoms with Gasteiger partial charge in [-0.25, -0.2) is 4.79 Å². The zero-order valence-electron chi connectivity index (χ0n) is 13.3. The number of ketones is 2. The van der Waals surface area contributed by atoms with E-state index in [0.29, 0.717) is 0 Å². The molecule has 1 aliphatic carbocycles. The van der Waals surface area contributed by atoms with Crippen LogP contribution in [0.5, 0.6) is 5.75 Å². The van der Waals surface area contributed by atoms with Gasteiger partial charge in [-0.05, 0) is 31.9 Å². The SMILES string of the molecule is CCOC(=O)c1cccc(C(=O)CCC(=O)C2CCCC2)c1O. The minimum Gasteiger partial charge on any atom is -0.506 e. The number of hydrogen-bond acceptors (Lipinski definition) is 5. The van der Waals surface area contributed by atoms with Gasteiger partial charge in [0.1, 0.15) is 17.1 Å². The van der Waals surface area contributed by atoms with Crippen molar-refractivity contribution >= 4 is 17.5 Å². The number of rotatable bonds is 7. The molecule has 5 heteroatoms. The van der Waals surface area contributed by atoms with Crippen molar-refractivity contribution in [3.63, 3.8) is 0 Å². The van der Waals surface area contributed by atoms with E-state index in [1.54, 1.807) is 6.92 Å². The van der Waals surface area contributed by atoms with Crippen LogP contribution in [-0.2, 0) is 9.53 Å². The average molecular weight is 318 g/mol. The summed E-state index contributed by atoms with van der Waals surface area (Å²) in [6, 6.07) is 4.40. The van der Waals surface area contributed by atoms with Crippen molar-refractivity contribution in [3.05, 3.63) is 29.3 Å². The molecule has 0 saturated heterocycles. The van der Waals surface area contributed by atoms with E-state index in [1.165, 1.54) is 18.2 Å². The molecule has 124 valence electrons. The van der Waals surface area contributed by atoms with E-state index in [9.17, 15) is 19.5 Å². The van der Waals surface area contributed by atoms with Crippen molar-refractivity contribution in [2.24, 2.45) is 5.92 Å². The van der Waals surface area contributed by atoms with Crippen molar-refractivity contribution in [1.82, 2.24) is 0 Å². The molecule has 0 atom stereocenters. The molecule has 0 aromatic heterocycles. The maximum atomic E-state index is 12.3. The molecule has 1 aromatic rings. The summed E-state index contributed by atoms with van der Waals surface area (Å²) in [4.78, 5) is 36.0. The first-order valence-electron chi connectivity index (χ1n) is 8.09. The second-order valence-electron chi connectivity index (χ2n) is 5.79. The summed E-state index contributed by atoms with van der Waals surface area (Å²) < 4.78 is 4.84. The number of ether oxygens (including phenoxy) is 1. The highest BCUT2D eigenvalue weighted by Gasteiger charge is 2.24. The van der Waals surface area contributed by atoms with Crippen LogP contribution in [0.15, 0.2) is 18.2 Å². The zero-order chi connectivity index (χ0) is 16.8. The number of phenolic OH excluding ortho intramolecular Hbond substituents is 1. The first-order chi connectivity index (χ1) is 11.0. The van der Waals surface area contributed by atoms with E-state index in [0.717, 1.165) is 25.7 Å². The molecule has 0 unspecified atom stereocenters. The molecule has 5 nitrogen and oxygen atoms in total. The molecular weight excluding hydrogens is 296 g/mol. The molecule has 1 aliphatic rings. The van der Waals surface area contributed by atoms with Gasteiger partial charge in [0.2, 0.25) is 0 Å². The molecular formula is C18H22O5. The van der Waals surface area contributed by atoms with Gasteiger partial charge in [-0.15, -0.1) is 0 Å². The highest BCUT2D eigenvalue weighted by atomic mass is 16.5. The van der Waals surface area contributed by atoms with Crippen molar-refractivity contribution in [1.29, 1.82) is 0 Å². The smallest absolute Gasteiger partial charge is 0.341 e. The summed E-state index contributed by atoms with van der Waals surface area (Å²) in [6.07, 6.45) is 4.22. The van der Waals surface area contributed by atoms with Crippen LogP contribution in [0, 0.1) is 5.92 Å². The third-order valence-electron chi connectivity index (χ3n) is 4.24. The summed E-state index contributed by atoms with van der Waals surface area (Å²) in [5.74, 6) is -1.16. The van der Waals surface area contributed by atoms with Crippen LogP contribution in [0.1, 0.15) is 66.2 Å². The molecule has 1 aromatic carbocycles. The van der Waals surface area contributed by atoms with Gasteiger partial charge in [0.25, 0.3) is 0 Å². The molecule has 1 saturated carbocycles. The Hall–Kier alpha value is -2.17. The number of benzene rings is 1. The van der Waals surface area contributed by atoms with E-state index in [2.05, 4.69) is 0 Å². The largest absolute Gasteiger partial charge is 0.506 e. The number of hydrogen-bond donors (Lipinski definition) is 1. The second kappa shape index (κ2) is 7.90. The number of carbonyl (C=O) groups excluding carboxylic acids is 3. The van der Waals surface area contributed by atoms with Gasteiger partial charge in [-0.2, -0.15) is 0 Å². The van der Waals surface area contributed by atoms with Gasteiger partial charge < -0.3 is 9.84 Å². The van der Waals surface area contributed by atoms with Crippen LogP contribution in [0.25, 0.3) is 0 Å². The Balaban J connectivity index is 2.03. The third kappa shape index (κ3) is 4.18. The molecule has 0 spiro atoms. The molecule has 0 aliphatic heterocycles. The molecule has 0 bridgehead atoms. The maximum absolute atomic E-state index is 12.3. The van der Waals surface area contributed by atoms with Gasteiger partial charge in [0, 0.05) is 18.8 Å². The summed E-state index contributed by atoms with van der Waals surface area (Å²) in [5.41, 5.74) is 0.0367. The molecule has 23 heavy (non-hydrogen) atoms. The zero-order valence-corrected chi connectivity index (χ0v) is 13.3. The monoisotopic (exact) mass is 318 g/mol. The number of esters is 1. The van der Waals surface area contributed by atoms with Crippen LogP contribution in [0.2, 0.25) is 0 Å². The second-order valence-corrected chi connectivity index (χ2v) is 5.79. The fraction of sp³-hybridized carbons (Fsp3) is 0.500. The average Bonchev–Trinajstić information content (AvgIpc) is 3.07. The maximum Gasteiger partial charge on any atom is 0.341 e. The van der Waals surface area contributed by atoms with Crippen molar-refractivity contribution in [2.75, 3.05) is 6.61 Å². The molecule has 0 heterocycles. The minimum absolute atomic E-state index is 0.0279. The van der Waals surface area contributed by atoms with Gasteiger partial charge in [0.15, 0.2) is 5.78 Å². The number of para-hydroxylation sites is 1. The summed E-state index contributed by atoms with van der Waals surface area (Å²) in [7, 11) is 0. The standard InChI is InChI=1S/C18H22O5/c1-2-23-18(22)14-9-5-8-13(17(14)21)16(20)11-10-15(19)12-6-3-4-7-12/h5,8-9,12,21H,2-4,6-7,10-11H2,1H3. The van der Waals surface area contributed by atoms with Crippen molar-refractivity contribution in [2.45, 2.75) is 45.4 Å².